The summed E-state index contributed by atoms with van der Waals surface area (Å²) in [6, 6.07) is 17.2. The van der Waals surface area contributed by atoms with E-state index in [-0.39, 0.29) is 25.2 Å². The molecule has 3 aromatic carbocycles. The average molecular weight is 543 g/mol. The Hall–Kier alpha value is -4.04. The molecule has 3 aliphatic rings. The number of nitrogens with one attached hydrogen (secondary N) is 1. The molecule has 3 aliphatic heterocycles. The summed E-state index contributed by atoms with van der Waals surface area (Å²) < 4.78 is 16.9. The molecule has 8 nitrogen and oxygen atoms in total. The highest BCUT2D eigenvalue weighted by molar-refractivity contribution is 5.94. The van der Waals surface area contributed by atoms with Crippen molar-refractivity contribution in [3.8, 4) is 17.2 Å². The van der Waals surface area contributed by atoms with Crippen LogP contribution in [-0.4, -0.2) is 48.4 Å². The number of nitrogens with zero attached hydrogens (tertiary/aromatic N) is 1. The number of carboxylic acid groups (broad SMARTS) is 1. The van der Waals surface area contributed by atoms with E-state index >= 15 is 0 Å². The van der Waals surface area contributed by atoms with Gasteiger partial charge in [-0.25, -0.2) is 0 Å². The fourth-order valence-corrected chi connectivity index (χ4v) is 6.41. The molecule has 1 fully saturated rings. The highest BCUT2D eigenvalue weighted by Crippen LogP contribution is 2.48. The number of ether oxygens (including phenoxy) is 3. The van der Waals surface area contributed by atoms with Gasteiger partial charge in [0.15, 0.2) is 11.5 Å². The molecule has 0 radical (unpaired) electrons. The molecular weight excluding hydrogens is 508 g/mol. The second-order valence-corrected chi connectivity index (χ2v) is 10.6. The number of carbonyl (C=O) groups is 2. The van der Waals surface area contributed by atoms with Crippen molar-refractivity contribution in [2.24, 2.45) is 5.92 Å². The molecule has 2 N–H and O–H groups in total. The summed E-state index contributed by atoms with van der Waals surface area (Å²) in [5.74, 6) is -0.131. The van der Waals surface area contributed by atoms with Crippen LogP contribution in [-0.2, 0) is 28.9 Å². The number of fused-ring (bicyclic) bond motifs is 2. The van der Waals surface area contributed by atoms with Crippen molar-refractivity contribution >= 4 is 17.6 Å². The summed E-state index contributed by atoms with van der Waals surface area (Å²) in [4.78, 5) is 28.5. The molecule has 0 bridgehead atoms. The fraction of sp³-hybridized carbons (Fsp3) is 0.375. The number of para-hydroxylation sites is 1. The minimum Gasteiger partial charge on any atom is -0.493 e. The number of rotatable bonds is 8. The van der Waals surface area contributed by atoms with Crippen LogP contribution in [0.5, 0.6) is 17.2 Å². The Balaban J connectivity index is 1.35. The van der Waals surface area contributed by atoms with Gasteiger partial charge in [-0.3, -0.25) is 14.5 Å². The van der Waals surface area contributed by atoms with Crippen molar-refractivity contribution in [1.82, 2.24) is 4.90 Å². The molecule has 208 valence electrons. The molecule has 1 saturated heterocycles. The number of hydrogen-bond acceptors (Lipinski definition) is 6. The predicted molar refractivity (Wildman–Crippen MR) is 150 cm³/mol. The summed E-state index contributed by atoms with van der Waals surface area (Å²) in [5.41, 5.74) is 5.85. The maximum absolute atomic E-state index is 13.6. The summed E-state index contributed by atoms with van der Waals surface area (Å²) in [6.07, 6.45) is 2.45. The molecule has 3 aromatic rings. The van der Waals surface area contributed by atoms with Crippen LogP contribution < -0.4 is 19.5 Å². The van der Waals surface area contributed by atoms with Crippen molar-refractivity contribution in [3.63, 3.8) is 0 Å². The van der Waals surface area contributed by atoms with Gasteiger partial charge in [-0.05, 0) is 58.9 Å². The second-order valence-electron chi connectivity index (χ2n) is 10.6. The molecule has 1 unspecified atom stereocenters. The quantitative estimate of drug-likeness (QED) is 0.416. The number of aryl methyl sites for hydroxylation is 2. The number of aliphatic carboxylic acids is 1. The van der Waals surface area contributed by atoms with Crippen LogP contribution in [0, 0.1) is 5.92 Å². The number of hydrogen-bond donors (Lipinski definition) is 2. The third-order valence-electron chi connectivity index (χ3n) is 8.38. The first-order chi connectivity index (χ1) is 19.5. The lowest BCUT2D eigenvalue weighted by Gasteiger charge is -2.27. The van der Waals surface area contributed by atoms with E-state index in [2.05, 4.69) is 19.2 Å². The van der Waals surface area contributed by atoms with E-state index in [0.717, 1.165) is 58.5 Å². The Labute approximate surface area is 233 Å². The average Bonchev–Trinajstić information content (AvgIpc) is 3.70. The number of benzene rings is 3. The standard InChI is InChI=1S/C32H34N2O6/c1-3-19-6-5-7-20(4-2)30(19)33-28(35)17-34-16-24(22-10-11-25-27(14-22)40-18-39-25)29(32(36)37)31(34)23-9-8-21-12-13-38-26(21)15-23/h5-11,14-15,24,29,31H,3-4,12-13,16-18H2,1-2H3,(H,33,35)(H,36,37)/t24-,29?,31+/m1/s1. The Bertz CT molecular complexity index is 1430. The molecule has 40 heavy (non-hydrogen) atoms. The SMILES string of the molecule is CCc1cccc(CC)c1NC(=O)CN1C[C@H](c2ccc3c(c2)OCO3)C(C(=O)O)[C@@H]1c1ccc2c(c1)OCC2. The van der Waals surface area contributed by atoms with Crippen LogP contribution >= 0.6 is 0 Å². The minimum atomic E-state index is -0.901. The Morgan fingerprint density at radius 3 is 2.40 bits per heavy atom. The van der Waals surface area contributed by atoms with Gasteiger partial charge in [0.25, 0.3) is 0 Å². The number of anilines is 1. The minimum absolute atomic E-state index is 0.0641. The van der Waals surface area contributed by atoms with Crippen LogP contribution in [0.2, 0.25) is 0 Å². The number of carbonyl (C=O) groups excluding carboxylic acids is 1. The van der Waals surface area contributed by atoms with Crippen LogP contribution in [0.1, 0.15) is 53.6 Å². The van der Waals surface area contributed by atoms with Gasteiger partial charge in [-0.15, -0.1) is 0 Å². The van der Waals surface area contributed by atoms with Crippen molar-refractivity contribution in [2.75, 3.05) is 31.8 Å². The molecule has 0 spiro atoms. The monoisotopic (exact) mass is 542 g/mol. The van der Waals surface area contributed by atoms with Gasteiger partial charge >= 0.3 is 5.97 Å². The smallest absolute Gasteiger partial charge is 0.309 e. The van der Waals surface area contributed by atoms with Crippen molar-refractivity contribution in [2.45, 2.75) is 45.1 Å². The van der Waals surface area contributed by atoms with Gasteiger partial charge in [0.1, 0.15) is 5.75 Å². The molecule has 3 heterocycles. The molecule has 0 aromatic heterocycles. The summed E-state index contributed by atoms with van der Waals surface area (Å²) >= 11 is 0. The first-order valence-electron chi connectivity index (χ1n) is 14.0. The molecular formula is C32H34N2O6. The fourth-order valence-electron chi connectivity index (χ4n) is 6.41. The number of carboxylic acids is 1. The van der Waals surface area contributed by atoms with Crippen molar-refractivity contribution in [1.29, 1.82) is 0 Å². The third kappa shape index (κ3) is 4.77. The highest BCUT2D eigenvalue weighted by atomic mass is 16.7. The first-order valence-corrected chi connectivity index (χ1v) is 14.0. The molecule has 0 saturated carbocycles. The second kappa shape index (κ2) is 10.8. The molecule has 8 heteroatoms. The topological polar surface area (TPSA) is 97.3 Å². The van der Waals surface area contributed by atoms with E-state index in [9.17, 15) is 14.7 Å². The van der Waals surface area contributed by atoms with Crippen LogP contribution in [0.15, 0.2) is 54.6 Å². The highest BCUT2D eigenvalue weighted by Gasteiger charge is 2.48. The largest absolute Gasteiger partial charge is 0.493 e. The van der Waals surface area contributed by atoms with Crippen molar-refractivity contribution in [3.05, 3.63) is 82.4 Å². The van der Waals surface area contributed by atoms with Crippen LogP contribution in [0.25, 0.3) is 0 Å². The van der Waals surface area contributed by atoms with E-state index in [1.54, 1.807) is 0 Å². The van der Waals surface area contributed by atoms with E-state index in [1.807, 2.05) is 59.5 Å². The zero-order valence-corrected chi connectivity index (χ0v) is 22.8. The van der Waals surface area contributed by atoms with Gasteiger partial charge in [0.2, 0.25) is 12.7 Å². The van der Waals surface area contributed by atoms with Gasteiger partial charge < -0.3 is 24.6 Å². The van der Waals surface area contributed by atoms with Gasteiger partial charge in [-0.1, -0.05) is 50.2 Å². The number of amides is 1. The Morgan fingerprint density at radius 1 is 0.925 bits per heavy atom. The van der Waals surface area contributed by atoms with Crippen molar-refractivity contribution < 1.29 is 28.9 Å². The van der Waals surface area contributed by atoms with E-state index in [4.69, 9.17) is 14.2 Å². The Morgan fingerprint density at radius 2 is 1.65 bits per heavy atom. The van der Waals surface area contributed by atoms with E-state index < -0.39 is 17.9 Å². The zero-order chi connectivity index (χ0) is 27.8. The third-order valence-corrected chi connectivity index (χ3v) is 8.38. The maximum Gasteiger partial charge on any atom is 0.309 e. The maximum atomic E-state index is 13.6. The summed E-state index contributed by atoms with van der Waals surface area (Å²) in [7, 11) is 0. The van der Waals surface area contributed by atoms with E-state index in [0.29, 0.717) is 24.7 Å². The lowest BCUT2D eigenvalue weighted by atomic mass is 9.82. The lowest BCUT2D eigenvalue weighted by molar-refractivity contribution is -0.143. The van der Waals surface area contributed by atoms with Gasteiger partial charge in [0.05, 0.1) is 19.1 Å². The summed E-state index contributed by atoms with van der Waals surface area (Å²) in [6.45, 7) is 5.38. The van der Waals surface area contributed by atoms with E-state index in [1.165, 1.54) is 0 Å². The lowest BCUT2D eigenvalue weighted by Crippen LogP contribution is -2.35. The molecule has 0 aliphatic carbocycles. The molecule has 3 atom stereocenters. The molecule has 6 rings (SSSR count). The van der Waals surface area contributed by atoms with Crippen LogP contribution in [0.3, 0.4) is 0 Å². The molecule has 1 amide bonds. The normalized spacial score (nSPS) is 21.2. The zero-order valence-electron chi connectivity index (χ0n) is 22.8. The van der Waals surface area contributed by atoms with Gasteiger partial charge in [-0.2, -0.15) is 0 Å². The number of likely N-dealkylation sites (tertiary alicyclic amines) is 1. The Kier molecular flexibility index (Phi) is 7.11. The van der Waals surface area contributed by atoms with Gasteiger partial charge in [0, 0.05) is 30.6 Å². The summed E-state index contributed by atoms with van der Waals surface area (Å²) in [5, 5.41) is 13.7. The first kappa shape index (κ1) is 26.2. The van der Waals surface area contributed by atoms with Crippen LogP contribution in [0.4, 0.5) is 5.69 Å². The predicted octanol–water partition coefficient (Wildman–Crippen LogP) is 4.96.